The minimum absolute atomic E-state index is 0.754. The Kier molecular flexibility index (Phi) is 1.59. The summed E-state index contributed by atoms with van der Waals surface area (Å²) in [5, 5.41) is 0. The highest BCUT2D eigenvalue weighted by molar-refractivity contribution is 7.75. The van der Waals surface area contributed by atoms with Gasteiger partial charge in [-0.2, -0.15) is 4.21 Å². The standard InChI is InChI=1S/C2H6N2O3S/c3-1-2(4)7-8(5)6-1/h1-2H,3-4H2. The zero-order valence-corrected chi connectivity index (χ0v) is 4.76. The Morgan fingerprint density at radius 3 is 1.75 bits per heavy atom. The Morgan fingerprint density at radius 1 is 1.25 bits per heavy atom. The van der Waals surface area contributed by atoms with E-state index in [4.69, 9.17) is 11.5 Å². The molecule has 0 aliphatic carbocycles. The highest BCUT2D eigenvalue weighted by Crippen LogP contribution is 2.07. The molecule has 48 valence electrons. The van der Waals surface area contributed by atoms with Gasteiger partial charge in [0.15, 0.2) is 12.5 Å². The van der Waals surface area contributed by atoms with Crippen LogP contribution < -0.4 is 11.5 Å². The van der Waals surface area contributed by atoms with Gasteiger partial charge >= 0.3 is 11.4 Å². The second-order valence-corrected chi connectivity index (χ2v) is 2.12. The second-order valence-electron chi connectivity index (χ2n) is 1.33. The predicted octanol–water partition coefficient (Wildman–Crippen LogP) is -1.82. The van der Waals surface area contributed by atoms with Crippen molar-refractivity contribution in [3.63, 3.8) is 0 Å². The number of hydrogen-bond acceptors (Lipinski definition) is 5. The Labute approximate surface area is 48.8 Å². The Balaban J connectivity index is 2.51. The molecule has 4 N–H and O–H groups in total. The van der Waals surface area contributed by atoms with Crippen LogP contribution in [0.1, 0.15) is 0 Å². The minimum atomic E-state index is -1.73. The maximum atomic E-state index is 10.2. The van der Waals surface area contributed by atoms with Crippen molar-refractivity contribution >= 4 is 11.4 Å². The van der Waals surface area contributed by atoms with Gasteiger partial charge in [-0.05, 0) is 0 Å². The van der Waals surface area contributed by atoms with Gasteiger partial charge in [0.1, 0.15) is 0 Å². The van der Waals surface area contributed by atoms with Crippen LogP contribution >= 0.6 is 0 Å². The van der Waals surface area contributed by atoms with E-state index >= 15 is 0 Å². The highest BCUT2D eigenvalue weighted by atomic mass is 32.2. The monoisotopic (exact) mass is 138 g/mol. The van der Waals surface area contributed by atoms with Crippen molar-refractivity contribution in [2.75, 3.05) is 0 Å². The molecule has 0 spiro atoms. The molecule has 1 heterocycles. The molecule has 0 saturated carbocycles. The van der Waals surface area contributed by atoms with E-state index in [9.17, 15) is 4.21 Å². The topological polar surface area (TPSA) is 87.6 Å². The van der Waals surface area contributed by atoms with Crippen LogP contribution in [0, 0.1) is 0 Å². The molecule has 6 heteroatoms. The lowest BCUT2D eigenvalue weighted by molar-refractivity contribution is 0.167. The fraction of sp³-hybridized carbons (Fsp3) is 1.00. The molecule has 1 fully saturated rings. The normalized spacial score (nSPS) is 47.5. The Hall–Kier alpha value is -0.0100. The molecule has 8 heavy (non-hydrogen) atoms. The van der Waals surface area contributed by atoms with Gasteiger partial charge in [0.05, 0.1) is 0 Å². The summed E-state index contributed by atoms with van der Waals surface area (Å²) in [6, 6.07) is 0. The largest absolute Gasteiger partial charge is 0.308 e. The molecule has 5 nitrogen and oxygen atoms in total. The molecule has 1 saturated heterocycles. The van der Waals surface area contributed by atoms with E-state index in [0.29, 0.717) is 0 Å². The van der Waals surface area contributed by atoms with Crippen molar-refractivity contribution in [1.29, 1.82) is 0 Å². The quantitative estimate of drug-likeness (QED) is 0.411. The minimum Gasteiger partial charge on any atom is -0.301 e. The van der Waals surface area contributed by atoms with Crippen LogP contribution in [-0.2, 0) is 19.7 Å². The molecule has 2 atom stereocenters. The van der Waals surface area contributed by atoms with E-state index in [1.165, 1.54) is 0 Å². The second kappa shape index (κ2) is 2.08. The van der Waals surface area contributed by atoms with Gasteiger partial charge in [0.25, 0.3) is 0 Å². The van der Waals surface area contributed by atoms with Gasteiger partial charge in [-0.15, -0.1) is 0 Å². The predicted molar refractivity (Wildman–Crippen MR) is 26.3 cm³/mol. The number of nitrogens with two attached hydrogens (primary N) is 2. The molecule has 2 unspecified atom stereocenters. The van der Waals surface area contributed by atoms with E-state index in [2.05, 4.69) is 8.37 Å². The molecule has 0 amide bonds. The van der Waals surface area contributed by atoms with E-state index in [1.807, 2.05) is 0 Å². The van der Waals surface area contributed by atoms with Crippen molar-refractivity contribution in [2.45, 2.75) is 12.5 Å². The first-order chi connectivity index (χ1) is 3.70. The fourth-order valence-corrected chi connectivity index (χ4v) is 0.941. The molecular weight excluding hydrogens is 132 g/mol. The van der Waals surface area contributed by atoms with Crippen molar-refractivity contribution in [3.05, 3.63) is 0 Å². The zero-order chi connectivity index (χ0) is 6.15. The van der Waals surface area contributed by atoms with Crippen molar-refractivity contribution in [1.82, 2.24) is 0 Å². The molecule has 0 aromatic rings. The smallest absolute Gasteiger partial charge is 0.301 e. The van der Waals surface area contributed by atoms with Crippen LogP contribution in [0.2, 0.25) is 0 Å². The maximum absolute atomic E-state index is 10.2. The van der Waals surface area contributed by atoms with E-state index < -0.39 is 23.8 Å². The maximum Gasteiger partial charge on any atom is 0.308 e. The molecule has 0 bridgehead atoms. The van der Waals surface area contributed by atoms with E-state index in [0.717, 1.165) is 0 Å². The molecule has 0 radical (unpaired) electrons. The molecule has 0 aromatic carbocycles. The van der Waals surface area contributed by atoms with Crippen LogP contribution in [0.15, 0.2) is 0 Å². The molecule has 1 rings (SSSR count). The first kappa shape index (κ1) is 6.12. The third-order valence-electron chi connectivity index (χ3n) is 0.703. The van der Waals surface area contributed by atoms with Crippen LogP contribution in [0.5, 0.6) is 0 Å². The summed E-state index contributed by atoms with van der Waals surface area (Å²) in [5.41, 5.74) is 10.2. The van der Waals surface area contributed by atoms with Gasteiger partial charge in [0.2, 0.25) is 0 Å². The van der Waals surface area contributed by atoms with Gasteiger partial charge in [-0.1, -0.05) is 0 Å². The third-order valence-corrected chi connectivity index (χ3v) is 1.46. The van der Waals surface area contributed by atoms with E-state index in [-0.39, 0.29) is 0 Å². The SMILES string of the molecule is NC1OS(=O)OC1N. The molecule has 1 aliphatic heterocycles. The first-order valence-corrected chi connectivity index (χ1v) is 2.97. The molecule has 0 aromatic heterocycles. The van der Waals surface area contributed by atoms with Crippen molar-refractivity contribution in [3.8, 4) is 0 Å². The Bertz CT molecular complexity index is 106. The summed E-state index contributed by atoms with van der Waals surface area (Å²) in [6.45, 7) is 0. The molecular formula is C2H6N2O3S. The summed E-state index contributed by atoms with van der Waals surface area (Å²) < 4.78 is 18.9. The first-order valence-electron chi connectivity index (χ1n) is 1.97. The van der Waals surface area contributed by atoms with Gasteiger partial charge in [0, 0.05) is 0 Å². The van der Waals surface area contributed by atoms with Gasteiger partial charge in [-0.3, -0.25) is 0 Å². The summed E-state index contributed by atoms with van der Waals surface area (Å²) in [7, 11) is 0. The summed E-state index contributed by atoms with van der Waals surface area (Å²) in [6.07, 6.45) is -1.51. The lowest BCUT2D eigenvalue weighted by Crippen LogP contribution is -2.37. The highest BCUT2D eigenvalue weighted by Gasteiger charge is 2.28. The summed E-state index contributed by atoms with van der Waals surface area (Å²) in [5.74, 6) is 0. The van der Waals surface area contributed by atoms with Crippen LogP contribution in [0.25, 0.3) is 0 Å². The van der Waals surface area contributed by atoms with E-state index in [1.54, 1.807) is 0 Å². The third kappa shape index (κ3) is 1.04. The summed E-state index contributed by atoms with van der Waals surface area (Å²) in [4.78, 5) is 0. The van der Waals surface area contributed by atoms with Crippen LogP contribution in [0.4, 0.5) is 0 Å². The average molecular weight is 138 g/mol. The zero-order valence-electron chi connectivity index (χ0n) is 3.94. The fourth-order valence-electron chi connectivity index (χ4n) is 0.314. The van der Waals surface area contributed by atoms with Gasteiger partial charge < -0.3 is 11.5 Å². The summed E-state index contributed by atoms with van der Waals surface area (Å²) >= 11 is -1.73. The molecule has 1 aliphatic rings. The average Bonchev–Trinajstić information content (AvgIpc) is 1.85. The number of rotatable bonds is 0. The van der Waals surface area contributed by atoms with Crippen molar-refractivity contribution in [2.24, 2.45) is 11.5 Å². The van der Waals surface area contributed by atoms with Gasteiger partial charge in [-0.25, -0.2) is 8.37 Å². The Morgan fingerprint density at radius 2 is 1.62 bits per heavy atom. The van der Waals surface area contributed by atoms with Crippen molar-refractivity contribution < 1.29 is 12.6 Å². The van der Waals surface area contributed by atoms with Crippen LogP contribution in [0.3, 0.4) is 0 Å². The lowest BCUT2D eigenvalue weighted by atomic mass is 10.5. The lowest BCUT2D eigenvalue weighted by Gasteiger charge is -1.99. The number of hydrogen-bond donors (Lipinski definition) is 2. The van der Waals surface area contributed by atoms with Crippen LogP contribution in [-0.4, -0.2) is 16.7 Å².